The molecule has 0 fully saturated rings. The second kappa shape index (κ2) is 7.80. The number of ether oxygens (including phenoxy) is 1. The summed E-state index contributed by atoms with van der Waals surface area (Å²) in [5.41, 5.74) is 1.66. The van der Waals surface area contributed by atoms with Gasteiger partial charge in [-0.25, -0.2) is 0 Å². The molecule has 1 aromatic rings. The summed E-state index contributed by atoms with van der Waals surface area (Å²) in [6.45, 7) is 12.2. The van der Waals surface area contributed by atoms with Crippen LogP contribution in [0.3, 0.4) is 0 Å². The van der Waals surface area contributed by atoms with E-state index in [4.69, 9.17) is 4.74 Å². The van der Waals surface area contributed by atoms with Gasteiger partial charge in [0, 0.05) is 10.9 Å². The summed E-state index contributed by atoms with van der Waals surface area (Å²) in [6.07, 6.45) is 0.626. The summed E-state index contributed by atoms with van der Waals surface area (Å²) in [5.74, 6) is 0.863. The van der Waals surface area contributed by atoms with Crippen molar-refractivity contribution >= 4 is 15.9 Å². The van der Waals surface area contributed by atoms with Gasteiger partial charge in [0.15, 0.2) is 0 Å². The molecule has 1 rings (SSSR count). The molecule has 0 aromatic heterocycles. The summed E-state index contributed by atoms with van der Waals surface area (Å²) >= 11 is 3.52. The predicted molar refractivity (Wildman–Crippen MR) is 81.4 cm³/mol. The van der Waals surface area contributed by atoms with Crippen LogP contribution < -0.4 is 4.74 Å². The highest BCUT2D eigenvalue weighted by Gasteiger charge is 2.12. The van der Waals surface area contributed by atoms with Crippen LogP contribution in [0.5, 0.6) is 5.75 Å². The summed E-state index contributed by atoms with van der Waals surface area (Å²) in [6, 6.07) is 4.00. The zero-order valence-corrected chi connectivity index (χ0v) is 13.9. The van der Waals surface area contributed by atoms with Crippen LogP contribution in [-0.2, 0) is 0 Å². The van der Waals surface area contributed by atoms with E-state index in [0.29, 0.717) is 13.0 Å². The zero-order valence-electron chi connectivity index (χ0n) is 12.3. The van der Waals surface area contributed by atoms with Gasteiger partial charge >= 0.3 is 0 Å². The monoisotopic (exact) mass is 316 g/mol. The molecule has 0 unspecified atom stereocenters. The molecule has 1 aromatic carbocycles. The Kier molecular flexibility index (Phi) is 7.56. The first-order valence-corrected chi connectivity index (χ1v) is 7.21. The van der Waals surface area contributed by atoms with Gasteiger partial charge in [0.2, 0.25) is 0 Å². The van der Waals surface area contributed by atoms with E-state index in [2.05, 4.69) is 15.9 Å². The molecule has 0 spiro atoms. The molecule has 2 nitrogen and oxygen atoms in total. The molecule has 1 N–H and O–H groups in total. The van der Waals surface area contributed by atoms with Crippen molar-refractivity contribution < 1.29 is 9.84 Å². The van der Waals surface area contributed by atoms with Crippen LogP contribution in [0.15, 0.2) is 16.6 Å². The van der Waals surface area contributed by atoms with E-state index in [1.165, 1.54) is 11.1 Å². The van der Waals surface area contributed by atoms with E-state index in [1.54, 1.807) is 13.8 Å². The minimum Gasteiger partial charge on any atom is -0.493 e. The molecule has 3 heteroatoms. The van der Waals surface area contributed by atoms with Crippen molar-refractivity contribution in [1.29, 1.82) is 0 Å². The molecule has 0 atom stereocenters. The zero-order chi connectivity index (χ0) is 14.3. The molecular formula is C15H25BrO2. The molecule has 0 heterocycles. The summed E-state index contributed by atoms with van der Waals surface area (Å²) < 4.78 is 6.75. The fourth-order valence-corrected chi connectivity index (χ4v) is 1.64. The van der Waals surface area contributed by atoms with E-state index in [9.17, 15) is 5.11 Å². The molecule has 0 bridgehead atoms. The number of aliphatic hydroxyl groups is 1. The Hall–Kier alpha value is -0.540. The van der Waals surface area contributed by atoms with E-state index in [1.807, 2.05) is 39.8 Å². The van der Waals surface area contributed by atoms with Crippen LogP contribution in [0, 0.1) is 13.8 Å². The van der Waals surface area contributed by atoms with Crippen molar-refractivity contribution in [2.75, 3.05) is 6.61 Å². The third kappa shape index (κ3) is 6.41. The lowest BCUT2D eigenvalue weighted by molar-refractivity contribution is 0.0553. The lowest BCUT2D eigenvalue weighted by atomic mass is 10.1. The van der Waals surface area contributed by atoms with Crippen molar-refractivity contribution in [1.82, 2.24) is 0 Å². The van der Waals surface area contributed by atoms with Crippen molar-refractivity contribution in [3.8, 4) is 5.75 Å². The molecule has 104 valence electrons. The second-order valence-electron chi connectivity index (χ2n) is 4.78. The number of hydrogen-bond acceptors (Lipinski definition) is 2. The molecular weight excluding hydrogens is 292 g/mol. The third-order valence-corrected chi connectivity index (χ3v) is 3.64. The summed E-state index contributed by atoms with van der Waals surface area (Å²) in [5, 5.41) is 9.56. The first-order chi connectivity index (χ1) is 8.29. The van der Waals surface area contributed by atoms with E-state index in [0.717, 1.165) is 10.2 Å². The number of hydrogen-bond donors (Lipinski definition) is 1. The first-order valence-electron chi connectivity index (χ1n) is 6.41. The fourth-order valence-electron chi connectivity index (χ4n) is 1.41. The van der Waals surface area contributed by atoms with Crippen LogP contribution in [0.4, 0.5) is 0 Å². The number of aryl methyl sites for hydroxylation is 2. The van der Waals surface area contributed by atoms with Gasteiger partial charge in [0.25, 0.3) is 0 Å². The Morgan fingerprint density at radius 2 is 1.61 bits per heavy atom. The standard InChI is InChI=1S/C13H19BrO2.C2H6/c1-9-7-11(8-10(2)12(9)14)16-6-5-13(3,4)15;1-2/h7-8,15H,5-6H2,1-4H3;1-2H3. The van der Waals surface area contributed by atoms with E-state index < -0.39 is 5.60 Å². The number of benzene rings is 1. The Morgan fingerprint density at radius 3 is 2.00 bits per heavy atom. The van der Waals surface area contributed by atoms with Crippen LogP contribution in [-0.4, -0.2) is 17.3 Å². The molecule has 0 saturated carbocycles. The van der Waals surface area contributed by atoms with Gasteiger partial charge in [-0.05, 0) is 51.0 Å². The minimum atomic E-state index is -0.667. The maximum Gasteiger partial charge on any atom is 0.119 e. The minimum absolute atomic E-state index is 0.532. The Labute approximate surface area is 119 Å². The van der Waals surface area contributed by atoms with Crippen LogP contribution >= 0.6 is 15.9 Å². The van der Waals surface area contributed by atoms with Crippen molar-refractivity contribution in [2.24, 2.45) is 0 Å². The van der Waals surface area contributed by atoms with Crippen LogP contribution in [0.2, 0.25) is 0 Å². The molecule has 18 heavy (non-hydrogen) atoms. The van der Waals surface area contributed by atoms with Gasteiger partial charge in [-0.15, -0.1) is 0 Å². The Balaban J connectivity index is 0.00000137. The number of halogens is 1. The van der Waals surface area contributed by atoms with Crippen molar-refractivity contribution in [3.05, 3.63) is 27.7 Å². The highest BCUT2D eigenvalue weighted by molar-refractivity contribution is 9.10. The third-order valence-electron chi connectivity index (χ3n) is 2.39. The largest absolute Gasteiger partial charge is 0.493 e. The summed E-state index contributed by atoms with van der Waals surface area (Å²) in [4.78, 5) is 0. The Morgan fingerprint density at radius 1 is 1.17 bits per heavy atom. The van der Waals surface area contributed by atoms with Gasteiger partial charge in [-0.1, -0.05) is 29.8 Å². The van der Waals surface area contributed by atoms with Gasteiger partial charge in [-0.3, -0.25) is 0 Å². The van der Waals surface area contributed by atoms with Gasteiger partial charge in [0.1, 0.15) is 5.75 Å². The van der Waals surface area contributed by atoms with E-state index in [-0.39, 0.29) is 0 Å². The number of rotatable bonds is 4. The maximum absolute atomic E-state index is 9.56. The molecule has 0 aliphatic heterocycles. The molecule has 0 aliphatic carbocycles. The summed E-state index contributed by atoms with van der Waals surface area (Å²) in [7, 11) is 0. The lowest BCUT2D eigenvalue weighted by Crippen LogP contribution is -2.21. The topological polar surface area (TPSA) is 29.5 Å². The van der Waals surface area contributed by atoms with Gasteiger partial charge < -0.3 is 9.84 Å². The van der Waals surface area contributed by atoms with Crippen LogP contribution in [0.1, 0.15) is 45.2 Å². The highest BCUT2D eigenvalue weighted by Crippen LogP contribution is 2.26. The smallest absolute Gasteiger partial charge is 0.119 e. The van der Waals surface area contributed by atoms with E-state index >= 15 is 0 Å². The SMILES string of the molecule is CC.Cc1cc(OCCC(C)(C)O)cc(C)c1Br. The predicted octanol–water partition coefficient (Wildman–Crippen LogP) is 4.63. The average Bonchev–Trinajstić information content (AvgIpc) is 2.27. The van der Waals surface area contributed by atoms with Crippen molar-refractivity contribution in [3.63, 3.8) is 0 Å². The van der Waals surface area contributed by atoms with Crippen LogP contribution in [0.25, 0.3) is 0 Å². The fraction of sp³-hybridized carbons (Fsp3) is 0.600. The normalized spacial score (nSPS) is 10.7. The maximum atomic E-state index is 9.56. The van der Waals surface area contributed by atoms with Crippen molar-refractivity contribution in [2.45, 2.75) is 53.6 Å². The second-order valence-corrected chi connectivity index (χ2v) is 5.57. The molecule has 0 saturated heterocycles. The Bertz CT molecular complexity index is 344. The van der Waals surface area contributed by atoms with Gasteiger partial charge in [0.05, 0.1) is 12.2 Å². The molecule has 0 radical (unpaired) electrons. The lowest BCUT2D eigenvalue weighted by Gasteiger charge is -2.17. The average molecular weight is 317 g/mol. The quantitative estimate of drug-likeness (QED) is 0.877. The van der Waals surface area contributed by atoms with Gasteiger partial charge in [-0.2, -0.15) is 0 Å². The highest BCUT2D eigenvalue weighted by atomic mass is 79.9. The molecule has 0 amide bonds. The first kappa shape index (κ1) is 17.5. The molecule has 0 aliphatic rings.